The van der Waals surface area contributed by atoms with Crippen LogP contribution in [0.4, 0.5) is 13.2 Å². The highest BCUT2D eigenvalue weighted by Gasteiger charge is 2.33. The van der Waals surface area contributed by atoms with Crippen LogP contribution in [0.25, 0.3) is 0 Å². The van der Waals surface area contributed by atoms with Gasteiger partial charge in [-0.2, -0.15) is 13.2 Å². The van der Waals surface area contributed by atoms with Crippen molar-refractivity contribution in [2.24, 2.45) is 0 Å². The molecule has 0 bridgehead atoms. The van der Waals surface area contributed by atoms with Gasteiger partial charge in [0.2, 0.25) is 3.79 Å². The van der Waals surface area contributed by atoms with Crippen LogP contribution < -0.4 is 10.1 Å². The molecule has 2 nitrogen and oxygen atoms in total. The van der Waals surface area contributed by atoms with Crippen molar-refractivity contribution in [1.29, 1.82) is 0 Å². The summed E-state index contributed by atoms with van der Waals surface area (Å²) in [4.78, 5) is 0. The van der Waals surface area contributed by atoms with Crippen molar-refractivity contribution in [3.63, 3.8) is 0 Å². The summed E-state index contributed by atoms with van der Waals surface area (Å²) in [5.41, 5.74) is 0.767. The van der Waals surface area contributed by atoms with Crippen molar-refractivity contribution in [3.05, 3.63) is 65.2 Å². The molecule has 166 valence electrons. The predicted octanol–water partition coefficient (Wildman–Crippen LogP) is 7.87. The van der Waals surface area contributed by atoms with Gasteiger partial charge in [-0.1, -0.05) is 85.3 Å². The van der Waals surface area contributed by atoms with Gasteiger partial charge in [0.25, 0.3) is 0 Å². The van der Waals surface area contributed by atoms with E-state index >= 15 is 0 Å². The Morgan fingerprint density at radius 3 is 2.07 bits per heavy atom. The maximum absolute atomic E-state index is 12.6. The molecule has 0 aliphatic carbocycles. The zero-order chi connectivity index (χ0) is 22.2. The summed E-state index contributed by atoms with van der Waals surface area (Å²) in [6.07, 6.45) is 0.0946. The molecule has 0 aliphatic heterocycles. The van der Waals surface area contributed by atoms with E-state index in [-0.39, 0.29) is 6.61 Å². The van der Waals surface area contributed by atoms with Crippen molar-refractivity contribution >= 4 is 34.8 Å². The van der Waals surface area contributed by atoms with E-state index in [9.17, 15) is 13.2 Å². The van der Waals surface area contributed by atoms with Gasteiger partial charge in [-0.3, -0.25) is 0 Å². The fourth-order valence-electron chi connectivity index (χ4n) is 2.93. The van der Waals surface area contributed by atoms with Crippen molar-refractivity contribution in [2.45, 2.75) is 55.2 Å². The summed E-state index contributed by atoms with van der Waals surface area (Å²) in [7, 11) is 0. The Bertz CT molecular complexity index is 759. The van der Waals surface area contributed by atoms with Crippen LogP contribution in [-0.2, 0) is 12.8 Å². The Hall–Kier alpha value is -1.14. The summed E-state index contributed by atoms with van der Waals surface area (Å²) in [5, 5.41) is 3.30. The summed E-state index contributed by atoms with van der Waals surface area (Å²) in [6.45, 7) is 3.05. The van der Waals surface area contributed by atoms with E-state index in [1.54, 1.807) is 12.1 Å². The molecule has 0 aromatic heterocycles. The molecule has 0 fully saturated rings. The third-order valence-electron chi connectivity index (χ3n) is 4.61. The summed E-state index contributed by atoms with van der Waals surface area (Å²) in [6, 6.07) is 11.5. The molecular formula is C22H25Cl3F3NO. The number of hydrogen-bond donors (Lipinski definition) is 1. The number of ether oxygens (including phenoxy) is 1. The molecule has 0 amide bonds. The van der Waals surface area contributed by atoms with E-state index in [0.29, 0.717) is 11.3 Å². The third-order valence-corrected chi connectivity index (χ3v) is 5.26. The lowest BCUT2D eigenvalue weighted by Crippen LogP contribution is -2.32. The van der Waals surface area contributed by atoms with Gasteiger partial charge < -0.3 is 10.1 Å². The number of unbranched alkanes of at least 4 members (excludes halogenated alkanes) is 3. The van der Waals surface area contributed by atoms with Gasteiger partial charge in [-0.25, -0.2) is 0 Å². The highest BCUT2D eigenvalue weighted by molar-refractivity contribution is 6.68. The fraction of sp³-hybridized carbons (Fsp3) is 0.455. The lowest BCUT2D eigenvalue weighted by atomic mass is 10.1. The average molecular weight is 483 g/mol. The first-order valence-corrected chi connectivity index (χ1v) is 10.9. The number of hydrogen-bond acceptors (Lipinski definition) is 2. The topological polar surface area (TPSA) is 21.3 Å². The van der Waals surface area contributed by atoms with Gasteiger partial charge in [0.15, 0.2) is 0 Å². The van der Waals surface area contributed by atoms with Crippen molar-refractivity contribution in [3.8, 4) is 5.75 Å². The third kappa shape index (κ3) is 8.18. The summed E-state index contributed by atoms with van der Waals surface area (Å²) < 4.78 is 42.0. The van der Waals surface area contributed by atoms with E-state index in [1.165, 1.54) is 18.6 Å². The van der Waals surface area contributed by atoms with Crippen LogP contribution in [0.15, 0.2) is 48.5 Å². The maximum atomic E-state index is 12.6. The van der Waals surface area contributed by atoms with E-state index in [2.05, 4.69) is 12.2 Å². The number of halogens is 6. The molecule has 1 N–H and O–H groups in total. The van der Waals surface area contributed by atoms with Crippen molar-refractivity contribution in [2.75, 3.05) is 6.54 Å². The zero-order valence-corrected chi connectivity index (χ0v) is 18.9. The Labute approximate surface area is 190 Å². The SMILES string of the molecule is CCCCCCNC(c1ccc(OCc2ccc(C(F)(F)F)cc2)cc1)C(Cl)(Cl)Cl. The molecule has 1 unspecified atom stereocenters. The minimum Gasteiger partial charge on any atom is -0.489 e. The number of alkyl halides is 6. The minimum atomic E-state index is -4.35. The van der Waals surface area contributed by atoms with E-state index < -0.39 is 21.6 Å². The first-order chi connectivity index (χ1) is 14.1. The Morgan fingerprint density at radius 2 is 1.53 bits per heavy atom. The molecular weight excluding hydrogens is 458 g/mol. The lowest BCUT2D eigenvalue weighted by Gasteiger charge is -2.26. The fourth-order valence-corrected chi connectivity index (χ4v) is 3.54. The molecule has 2 aromatic rings. The molecule has 2 rings (SSSR count). The average Bonchev–Trinajstić information content (AvgIpc) is 2.68. The van der Waals surface area contributed by atoms with Crippen molar-refractivity contribution < 1.29 is 17.9 Å². The molecule has 0 saturated heterocycles. The summed E-state index contributed by atoms with van der Waals surface area (Å²) in [5.74, 6) is 0.574. The number of nitrogens with one attached hydrogen (secondary N) is 1. The molecule has 2 aromatic carbocycles. The van der Waals surface area contributed by atoms with Crippen LogP contribution in [-0.4, -0.2) is 10.3 Å². The standard InChI is InChI=1S/C22H25Cl3F3NO/c1-2-3-4-5-14-29-20(21(23,24)25)17-8-12-19(13-9-17)30-15-16-6-10-18(11-7-16)22(26,27)28/h6-13,20,29H,2-5,14-15H2,1H3. The van der Waals surface area contributed by atoms with Gasteiger partial charge >= 0.3 is 6.18 Å². The molecule has 0 spiro atoms. The Morgan fingerprint density at radius 1 is 0.900 bits per heavy atom. The van der Waals surface area contributed by atoms with Crippen LogP contribution in [0.2, 0.25) is 0 Å². The van der Waals surface area contributed by atoms with Gasteiger partial charge in [-0.05, 0) is 48.4 Å². The maximum Gasteiger partial charge on any atom is 0.416 e. The number of benzene rings is 2. The van der Waals surface area contributed by atoms with Crippen LogP contribution in [0, 0.1) is 0 Å². The molecule has 0 aliphatic rings. The summed E-state index contributed by atoms with van der Waals surface area (Å²) >= 11 is 18.5. The first kappa shape index (κ1) is 25.1. The monoisotopic (exact) mass is 481 g/mol. The highest BCUT2D eigenvalue weighted by Crippen LogP contribution is 2.40. The Kier molecular flexibility index (Phi) is 9.61. The second-order valence-corrected chi connectivity index (χ2v) is 9.41. The van der Waals surface area contributed by atoms with Crippen LogP contribution >= 0.6 is 34.8 Å². The Balaban J connectivity index is 1.94. The quantitative estimate of drug-likeness (QED) is 0.275. The largest absolute Gasteiger partial charge is 0.489 e. The van der Waals surface area contributed by atoms with E-state index in [1.807, 2.05) is 12.1 Å². The number of rotatable bonds is 10. The van der Waals surface area contributed by atoms with Gasteiger partial charge in [0, 0.05) is 0 Å². The van der Waals surface area contributed by atoms with Crippen LogP contribution in [0.3, 0.4) is 0 Å². The van der Waals surface area contributed by atoms with Gasteiger partial charge in [-0.15, -0.1) is 0 Å². The van der Waals surface area contributed by atoms with Gasteiger partial charge in [0.1, 0.15) is 12.4 Å². The molecule has 1 atom stereocenters. The molecule has 8 heteroatoms. The second-order valence-electron chi connectivity index (χ2n) is 7.04. The predicted molar refractivity (Wildman–Crippen MR) is 117 cm³/mol. The molecule has 0 saturated carbocycles. The van der Waals surface area contributed by atoms with E-state index in [0.717, 1.165) is 43.5 Å². The smallest absolute Gasteiger partial charge is 0.416 e. The molecule has 30 heavy (non-hydrogen) atoms. The van der Waals surface area contributed by atoms with Crippen LogP contribution in [0.5, 0.6) is 5.75 Å². The highest BCUT2D eigenvalue weighted by atomic mass is 35.6. The lowest BCUT2D eigenvalue weighted by molar-refractivity contribution is -0.137. The van der Waals surface area contributed by atoms with Crippen LogP contribution in [0.1, 0.15) is 55.3 Å². The minimum absolute atomic E-state index is 0.154. The second kappa shape index (κ2) is 11.5. The first-order valence-electron chi connectivity index (χ1n) is 9.80. The molecule has 0 radical (unpaired) electrons. The zero-order valence-electron chi connectivity index (χ0n) is 16.6. The van der Waals surface area contributed by atoms with Gasteiger partial charge in [0.05, 0.1) is 11.6 Å². The normalized spacial score (nSPS) is 13.3. The van der Waals surface area contributed by atoms with Crippen molar-refractivity contribution in [1.82, 2.24) is 5.32 Å². The molecule has 0 heterocycles. The van der Waals surface area contributed by atoms with E-state index in [4.69, 9.17) is 39.5 Å².